The van der Waals surface area contributed by atoms with E-state index < -0.39 is 23.4 Å². The van der Waals surface area contributed by atoms with Crippen molar-refractivity contribution in [3.05, 3.63) is 60.2 Å². The minimum absolute atomic E-state index is 0.0617. The summed E-state index contributed by atoms with van der Waals surface area (Å²) in [6.45, 7) is 1.85. The Morgan fingerprint density at radius 3 is 2.72 bits per heavy atom. The molecular formula is C28H31FN4O3. The van der Waals surface area contributed by atoms with Crippen LogP contribution < -0.4 is 11.5 Å². The molecule has 3 aliphatic rings. The van der Waals surface area contributed by atoms with Crippen LogP contribution in [0.25, 0.3) is 17.2 Å². The maximum absolute atomic E-state index is 13.6. The summed E-state index contributed by atoms with van der Waals surface area (Å²) in [4.78, 5) is 34.9. The van der Waals surface area contributed by atoms with Crippen molar-refractivity contribution in [3.63, 3.8) is 0 Å². The Morgan fingerprint density at radius 1 is 1.19 bits per heavy atom. The average Bonchev–Trinajstić information content (AvgIpc) is 3.12. The molecule has 1 saturated heterocycles. The SMILES string of the molecule is C[C@H]1OC(=O)[C@]2(C(=O)N=C(N)N)C[C@@H]3CCCC[C@H]3C(/C=C/c3ccc(-c4cccc(F)c4)cn3)[C@H]12. The third kappa shape index (κ3) is 4.18. The highest BCUT2D eigenvalue weighted by Gasteiger charge is 2.67. The smallest absolute Gasteiger partial charge is 0.322 e. The number of carbonyl (C=O) groups excluding carboxylic acids is 2. The van der Waals surface area contributed by atoms with Gasteiger partial charge in [-0.3, -0.25) is 14.6 Å². The minimum Gasteiger partial charge on any atom is -0.461 e. The second-order valence-corrected chi connectivity index (χ2v) is 10.3. The quantitative estimate of drug-likeness (QED) is 0.288. The first-order valence-electron chi connectivity index (χ1n) is 12.5. The standard InChI is InChI=1S/C28H31FN4O3/c1-16-24-23(12-11-21-10-9-19(15-32-21)17-6-4-7-20(29)13-17)22-8-3-2-5-18(22)14-28(24,26(35)36-16)25(34)33-27(30)31/h4,6-7,9-13,15-16,18,22-24H,2-3,5,8,14H2,1H3,(H4,30,31,33,34)/b12-11+/t16-,18+,22-,23?,24+,28-/m1/s1. The van der Waals surface area contributed by atoms with E-state index in [1.807, 2.05) is 31.2 Å². The van der Waals surface area contributed by atoms with Crippen LogP contribution in [0.5, 0.6) is 0 Å². The van der Waals surface area contributed by atoms with E-state index >= 15 is 0 Å². The third-order valence-electron chi connectivity index (χ3n) is 8.24. The molecular weight excluding hydrogens is 459 g/mol. The number of ether oxygens (including phenoxy) is 1. The van der Waals surface area contributed by atoms with Crippen molar-refractivity contribution >= 4 is 23.9 Å². The van der Waals surface area contributed by atoms with E-state index in [2.05, 4.69) is 16.1 Å². The van der Waals surface area contributed by atoms with Gasteiger partial charge < -0.3 is 16.2 Å². The average molecular weight is 491 g/mol. The second kappa shape index (κ2) is 9.48. The summed E-state index contributed by atoms with van der Waals surface area (Å²) in [6.07, 6.45) is 9.93. The number of allylic oxidation sites excluding steroid dienone is 1. The van der Waals surface area contributed by atoms with Gasteiger partial charge in [0.15, 0.2) is 11.4 Å². The number of hydrogen-bond donors (Lipinski definition) is 2. The topological polar surface area (TPSA) is 121 Å². The van der Waals surface area contributed by atoms with Gasteiger partial charge in [-0.1, -0.05) is 43.5 Å². The van der Waals surface area contributed by atoms with Crippen molar-refractivity contribution in [3.8, 4) is 11.1 Å². The Balaban J connectivity index is 1.49. The van der Waals surface area contributed by atoms with Crippen LogP contribution in [0.4, 0.5) is 4.39 Å². The molecule has 0 spiro atoms. The number of hydrogen-bond acceptors (Lipinski definition) is 4. The molecule has 8 heteroatoms. The molecule has 1 aromatic carbocycles. The van der Waals surface area contributed by atoms with Gasteiger partial charge in [-0.15, -0.1) is 0 Å². The van der Waals surface area contributed by atoms with Gasteiger partial charge in [0.1, 0.15) is 11.9 Å². The first-order valence-corrected chi connectivity index (χ1v) is 12.5. The zero-order chi connectivity index (χ0) is 25.4. The summed E-state index contributed by atoms with van der Waals surface area (Å²) in [7, 11) is 0. The summed E-state index contributed by atoms with van der Waals surface area (Å²) in [5.74, 6) is -1.63. The van der Waals surface area contributed by atoms with Gasteiger partial charge in [-0.05, 0) is 67.4 Å². The number of esters is 1. The molecule has 1 unspecified atom stereocenters. The van der Waals surface area contributed by atoms with E-state index in [-0.39, 0.29) is 29.5 Å². The van der Waals surface area contributed by atoms with Crippen LogP contribution in [0.2, 0.25) is 0 Å². The maximum atomic E-state index is 13.6. The lowest BCUT2D eigenvalue weighted by Gasteiger charge is -2.49. The zero-order valence-corrected chi connectivity index (χ0v) is 20.3. The molecule has 4 N–H and O–H groups in total. The number of nitrogens with two attached hydrogens (primary N) is 2. The Labute approximate surface area is 209 Å². The number of pyridine rings is 1. The van der Waals surface area contributed by atoms with Gasteiger partial charge >= 0.3 is 5.97 Å². The molecule has 36 heavy (non-hydrogen) atoms. The second-order valence-electron chi connectivity index (χ2n) is 10.3. The highest BCUT2D eigenvalue weighted by atomic mass is 19.1. The fraction of sp³-hybridized carbons (Fsp3) is 0.429. The van der Waals surface area contributed by atoms with Crippen molar-refractivity contribution in [2.24, 2.45) is 45.5 Å². The molecule has 2 heterocycles. The normalized spacial score (nSPS) is 31.4. The molecule has 6 atom stereocenters. The van der Waals surface area contributed by atoms with Crippen LogP contribution in [0.3, 0.4) is 0 Å². The lowest BCUT2D eigenvalue weighted by molar-refractivity contribution is -0.156. The lowest BCUT2D eigenvalue weighted by atomic mass is 9.51. The Morgan fingerprint density at radius 2 is 2.00 bits per heavy atom. The number of carbonyl (C=O) groups is 2. The lowest BCUT2D eigenvalue weighted by Crippen LogP contribution is -2.54. The van der Waals surface area contributed by atoms with Crippen LogP contribution in [-0.2, 0) is 14.3 Å². The molecule has 1 aromatic heterocycles. The van der Waals surface area contributed by atoms with Crippen molar-refractivity contribution < 1.29 is 18.7 Å². The van der Waals surface area contributed by atoms with Gasteiger partial charge in [-0.25, -0.2) is 4.39 Å². The Kier molecular flexibility index (Phi) is 6.36. The van der Waals surface area contributed by atoms with Crippen LogP contribution in [-0.4, -0.2) is 28.9 Å². The van der Waals surface area contributed by atoms with Gasteiger partial charge in [0.05, 0.1) is 5.69 Å². The predicted octanol–water partition coefficient (Wildman–Crippen LogP) is 4.08. The zero-order valence-electron chi connectivity index (χ0n) is 20.3. The van der Waals surface area contributed by atoms with Crippen molar-refractivity contribution in [2.75, 3.05) is 0 Å². The summed E-state index contributed by atoms with van der Waals surface area (Å²) < 4.78 is 19.3. The molecule has 0 bridgehead atoms. The minimum atomic E-state index is -1.37. The van der Waals surface area contributed by atoms with Crippen molar-refractivity contribution in [1.82, 2.24) is 4.98 Å². The molecule has 5 rings (SSSR count). The number of rotatable bonds is 4. The van der Waals surface area contributed by atoms with E-state index in [0.717, 1.165) is 42.5 Å². The number of fused-ring (bicyclic) bond motifs is 2. The number of nitrogens with zero attached hydrogens (tertiary/aromatic N) is 2. The summed E-state index contributed by atoms with van der Waals surface area (Å²) in [5, 5.41) is 0. The van der Waals surface area contributed by atoms with E-state index in [0.29, 0.717) is 12.3 Å². The summed E-state index contributed by atoms with van der Waals surface area (Å²) in [5.41, 5.74) is 12.0. The highest BCUT2D eigenvalue weighted by Crippen LogP contribution is 2.60. The van der Waals surface area contributed by atoms with Crippen LogP contribution >= 0.6 is 0 Å². The summed E-state index contributed by atoms with van der Waals surface area (Å²) >= 11 is 0. The Hall–Kier alpha value is -3.55. The molecule has 1 aliphatic heterocycles. The highest BCUT2D eigenvalue weighted by molar-refractivity contribution is 6.08. The Bertz CT molecular complexity index is 1220. The number of halogens is 1. The van der Waals surface area contributed by atoms with E-state index in [9.17, 15) is 14.0 Å². The van der Waals surface area contributed by atoms with Crippen molar-refractivity contribution in [1.29, 1.82) is 0 Å². The molecule has 1 amide bonds. The van der Waals surface area contributed by atoms with Crippen LogP contribution in [0, 0.1) is 34.9 Å². The van der Waals surface area contributed by atoms with Crippen LogP contribution in [0.1, 0.15) is 44.7 Å². The van der Waals surface area contributed by atoms with E-state index in [1.165, 1.54) is 12.1 Å². The molecule has 2 aromatic rings. The van der Waals surface area contributed by atoms with Crippen molar-refractivity contribution in [2.45, 2.75) is 45.1 Å². The molecule has 188 valence electrons. The number of aliphatic imine (C=N–C) groups is 1. The fourth-order valence-corrected chi connectivity index (χ4v) is 6.77. The van der Waals surface area contributed by atoms with Gasteiger partial charge in [0, 0.05) is 17.7 Å². The monoisotopic (exact) mass is 490 g/mol. The molecule has 7 nitrogen and oxygen atoms in total. The van der Waals surface area contributed by atoms with E-state index in [1.54, 1.807) is 12.3 Å². The third-order valence-corrected chi connectivity index (χ3v) is 8.24. The number of cyclic esters (lactones) is 1. The maximum Gasteiger partial charge on any atom is 0.322 e. The molecule has 3 fully saturated rings. The van der Waals surface area contributed by atoms with Gasteiger partial charge in [0.25, 0.3) is 5.91 Å². The predicted molar refractivity (Wildman–Crippen MR) is 135 cm³/mol. The van der Waals surface area contributed by atoms with Crippen LogP contribution in [0.15, 0.2) is 53.7 Å². The van der Waals surface area contributed by atoms with Gasteiger partial charge in [0.2, 0.25) is 0 Å². The molecule has 2 aliphatic carbocycles. The summed E-state index contributed by atoms with van der Waals surface area (Å²) in [6, 6.07) is 10.2. The molecule has 0 radical (unpaired) electrons. The molecule has 2 saturated carbocycles. The number of amides is 1. The number of benzene rings is 1. The first-order chi connectivity index (χ1) is 17.3. The fourth-order valence-electron chi connectivity index (χ4n) is 6.77. The number of aromatic nitrogens is 1. The van der Waals surface area contributed by atoms with E-state index in [4.69, 9.17) is 16.2 Å². The number of guanidine groups is 1. The van der Waals surface area contributed by atoms with Gasteiger partial charge in [-0.2, -0.15) is 4.99 Å². The largest absolute Gasteiger partial charge is 0.461 e. The first kappa shape index (κ1) is 24.2.